The largest absolute Gasteiger partial charge is 0.427 e. The molecule has 1 aliphatic rings. The van der Waals surface area contributed by atoms with E-state index in [4.69, 9.17) is 9.47 Å². The first kappa shape index (κ1) is 17.7. The van der Waals surface area contributed by atoms with Crippen molar-refractivity contribution in [2.75, 3.05) is 0 Å². The minimum atomic E-state index is -0.496. The van der Waals surface area contributed by atoms with Crippen molar-refractivity contribution in [1.82, 2.24) is 0 Å². The molecule has 0 atom stereocenters. The molecule has 5 nitrogen and oxygen atoms in total. The second-order valence-corrected chi connectivity index (χ2v) is 6.26. The van der Waals surface area contributed by atoms with E-state index in [0.717, 1.165) is 21.9 Å². The van der Waals surface area contributed by atoms with Gasteiger partial charge < -0.3 is 9.47 Å². The number of esters is 2. The van der Waals surface area contributed by atoms with Crippen molar-refractivity contribution in [3.05, 3.63) is 83.6 Å². The Morgan fingerprint density at radius 3 is 2.57 bits per heavy atom. The fraction of sp³-hybridized carbons (Fsp3) is 0.0870. The van der Waals surface area contributed by atoms with Crippen LogP contribution < -0.4 is 4.74 Å². The third-order valence-corrected chi connectivity index (χ3v) is 4.34. The zero-order valence-electron chi connectivity index (χ0n) is 15.2. The van der Waals surface area contributed by atoms with Gasteiger partial charge in [0.15, 0.2) is 5.70 Å². The molecule has 5 heteroatoms. The van der Waals surface area contributed by atoms with E-state index in [1.54, 1.807) is 37.3 Å². The summed E-state index contributed by atoms with van der Waals surface area (Å²) in [6, 6.07) is 20.5. The van der Waals surface area contributed by atoms with Crippen LogP contribution >= 0.6 is 0 Å². The number of aliphatic imine (C=N–C) groups is 1. The molecule has 0 amide bonds. The van der Waals surface area contributed by atoms with Gasteiger partial charge in [-0.3, -0.25) is 4.79 Å². The molecule has 0 aromatic heterocycles. The molecule has 0 N–H and O–H groups in total. The molecule has 0 unspecified atom stereocenters. The van der Waals surface area contributed by atoms with Crippen molar-refractivity contribution in [2.24, 2.45) is 4.99 Å². The van der Waals surface area contributed by atoms with Crippen LogP contribution in [0.4, 0.5) is 0 Å². The molecule has 3 aromatic carbocycles. The van der Waals surface area contributed by atoms with Crippen molar-refractivity contribution >= 4 is 34.7 Å². The number of benzene rings is 3. The van der Waals surface area contributed by atoms with E-state index in [-0.39, 0.29) is 11.7 Å². The molecular weight excluding hydrogens is 354 g/mol. The molecule has 3 aromatic rings. The van der Waals surface area contributed by atoms with Crippen LogP contribution in [0.1, 0.15) is 24.5 Å². The second-order valence-electron chi connectivity index (χ2n) is 6.26. The second kappa shape index (κ2) is 7.48. The van der Waals surface area contributed by atoms with E-state index in [1.807, 2.05) is 42.5 Å². The van der Waals surface area contributed by atoms with Gasteiger partial charge in [-0.25, -0.2) is 9.79 Å². The Labute approximate surface area is 161 Å². The van der Waals surface area contributed by atoms with Gasteiger partial charge in [0, 0.05) is 12.0 Å². The monoisotopic (exact) mass is 371 g/mol. The summed E-state index contributed by atoms with van der Waals surface area (Å²) in [5.74, 6) is -0.0382. The summed E-state index contributed by atoms with van der Waals surface area (Å²) in [6.07, 6.45) is 1.95. The van der Waals surface area contributed by atoms with Crippen molar-refractivity contribution in [3.63, 3.8) is 0 Å². The predicted octanol–water partition coefficient (Wildman–Crippen LogP) is 4.50. The van der Waals surface area contributed by atoms with E-state index < -0.39 is 5.97 Å². The van der Waals surface area contributed by atoms with E-state index in [1.165, 1.54) is 0 Å². The zero-order valence-corrected chi connectivity index (χ0v) is 15.2. The van der Waals surface area contributed by atoms with Crippen LogP contribution in [0.15, 0.2) is 77.4 Å². The minimum Gasteiger partial charge on any atom is -0.427 e. The molecule has 0 fully saturated rings. The molecule has 0 saturated heterocycles. The van der Waals surface area contributed by atoms with Gasteiger partial charge in [-0.15, -0.1) is 0 Å². The van der Waals surface area contributed by atoms with Gasteiger partial charge in [0.1, 0.15) is 5.75 Å². The summed E-state index contributed by atoms with van der Waals surface area (Å²) >= 11 is 0. The molecular formula is C23H17NO4. The third kappa shape index (κ3) is 3.55. The fourth-order valence-corrected chi connectivity index (χ4v) is 2.93. The number of carbonyl (C=O) groups excluding carboxylic acids is 2. The van der Waals surface area contributed by atoms with Crippen LogP contribution in [0.5, 0.6) is 5.75 Å². The highest BCUT2D eigenvalue weighted by Crippen LogP contribution is 2.25. The van der Waals surface area contributed by atoms with Gasteiger partial charge in [0.25, 0.3) is 0 Å². The normalized spacial score (nSPS) is 14.8. The van der Waals surface area contributed by atoms with Crippen LogP contribution in [-0.2, 0) is 14.3 Å². The van der Waals surface area contributed by atoms with Gasteiger partial charge in [0.2, 0.25) is 5.90 Å². The molecule has 138 valence electrons. The minimum absolute atomic E-state index is 0.223. The number of cyclic esters (lactones) is 1. The number of hydrogen-bond acceptors (Lipinski definition) is 5. The molecule has 4 rings (SSSR count). The molecule has 0 bridgehead atoms. The lowest BCUT2D eigenvalue weighted by molar-refractivity contribution is -0.134. The van der Waals surface area contributed by atoms with Gasteiger partial charge in [-0.1, -0.05) is 55.5 Å². The Hall–Kier alpha value is -3.73. The molecule has 0 spiro atoms. The van der Waals surface area contributed by atoms with E-state index in [2.05, 4.69) is 4.99 Å². The van der Waals surface area contributed by atoms with Crippen LogP contribution in [0.3, 0.4) is 0 Å². The van der Waals surface area contributed by atoms with Gasteiger partial charge in [-0.05, 0) is 40.6 Å². The lowest BCUT2D eigenvalue weighted by Crippen LogP contribution is -2.06. The Morgan fingerprint density at radius 2 is 1.79 bits per heavy atom. The lowest BCUT2D eigenvalue weighted by atomic mass is 10.0. The number of nitrogens with zero attached hydrogens (tertiary/aromatic N) is 1. The first-order valence-corrected chi connectivity index (χ1v) is 8.95. The predicted molar refractivity (Wildman–Crippen MR) is 107 cm³/mol. The maximum absolute atomic E-state index is 12.3. The fourth-order valence-electron chi connectivity index (χ4n) is 2.93. The molecule has 0 aliphatic carbocycles. The summed E-state index contributed by atoms with van der Waals surface area (Å²) in [5.41, 5.74) is 1.75. The van der Waals surface area contributed by atoms with E-state index >= 15 is 0 Å². The molecule has 28 heavy (non-hydrogen) atoms. The summed E-state index contributed by atoms with van der Waals surface area (Å²) in [4.78, 5) is 28.0. The first-order chi connectivity index (χ1) is 13.6. The molecule has 1 heterocycles. The number of carbonyl (C=O) groups is 2. The molecule has 0 saturated carbocycles. The van der Waals surface area contributed by atoms with Crippen LogP contribution in [0, 0.1) is 0 Å². The highest BCUT2D eigenvalue weighted by atomic mass is 16.6. The SMILES string of the molecule is CCC(=O)Oc1ccc(/C=C2/N=C(c3cccc4ccccc34)OC2=O)cc1. The van der Waals surface area contributed by atoms with Crippen molar-refractivity contribution < 1.29 is 19.1 Å². The quantitative estimate of drug-likeness (QED) is 0.385. The lowest BCUT2D eigenvalue weighted by Gasteiger charge is -2.04. The highest BCUT2D eigenvalue weighted by molar-refractivity contribution is 6.17. The average Bonchev–Trinajstić information content (AvgIpc) is 3.09. The number of ether oxygens (including phenoxy) is 2. The zero-order chi connectivity index (χ0) is 19.5. The van der Waals surface area contributed by atoms with Crippen molar-refractivity contribution in [2.45, 2.75) is 13.3 Å². The molecule has 0 radical (unpaired) electrons. The van der Waals surface area contributed by atoms with Crippen LogP contribution in [0.25, 0.3) is 16.8 Å². The van der Waals surface area contributed by atoms with E-state index in [9.17, 15) is 9.59 Å². The average molecular weight is 371 g/mol. The topological polar surface area (TPSA) is 65.0 Å². The van der Waals surface area contributed by atoms with Gasteiger partial charge in [0.05, 0.1) is 0 Å². The summed E-state index contributed by atoms with van der Waals surface area (Å²) < 4.78 is 10.6. The van der Waals surface area contributed by atoms with Gasteiger partial charge in [-0.2, -0.15) is 0 Å². The summed E-state index contributed by atoms with van der Waals surface area (Å²) in [6.45, 7) is 1.73. The summed E-state index contributed by atoms with van der Waals surface area (Å²) in [7, 11) is 0. The summed E-state index contributed by atoms with van der Waals surface area (Å²) in [5, 5.41) is 2.02. The van der Waals surface area contributed by atoms with Crippen LogP contribution in [-0.4, -0.2) is 17.8 Å². The maximum Gasteiger partial charge on any atom is 0.363 e. The highest BCUT2D eigenvalue weighted by Gasteiger charge is 2.25. The number of fused-ring (bicyclic) bond motifs is 1. The standard InChI is InChI=1S/C23H17NO4/c1-2-21(25)27-17-12-10-15(11-13-17)14-20-23(26)28-22(24-20)19-9-5-7-16-6-3-4-8-18(16)19/h3-14H,2H2,1H3/b20-14+. The first-order valence-electron chi connectivity index (χ1n) is 8.95. The Balaban J connectivity index is 1.63. The van der Waals surface area contributed by atoms with Gasteiger partial charge >= 0.3 is 11.9 Å². The Kier molecular flexibility index (Phi) is 4.72. The maximum atomic E-state index is 12.3. The third-order valence-electron chi connectivity index (χ3n) is 4.34. The Morgan fingerprint density at radius 1 is 1.04 bits per heavy atom. The Bertz CT molecular complexity index is 1120. The smallest absolute Gasteiger partial charge is 0.363 e. The van der Waals surface area contributed by atoms with Crippen molar-refractivity contribution in [1.29, 1.82) is 0 Å². The van der Waals surface area contributed by atoms with Crippen molar-refractivity contribution in [3.8, 4) is 5.75 Å². The van der Waals surface area contributed by atoms with E-state index in [0.29, 0.717) is 18.1 Å². The number of rotatable bonds is 4. The number of hydrogen-bond donors (Lipinski definition) is 0. The molecule has 1 aliphatic heterocycles. The van der Waals surface area contributed by atoms with Crippen LogP contribution in [0.2, 0.25) is 0 Å².